The minimum Gasteiger partial charge on any atom is -0.271 e. The lowest BCUT2D eigenvalue weighted by Gasteiger charge is -2.17. The third-order valence-corrected chi connectivity index (χ3v) is 3.16. The van der Waals surface area contributed by atoms with E-state index in [4.69, 9.17) is 5.84 Å². The number of hydrogen-bond donors (Lipinski definition) is 2. The van der Waals surface area contributed by atoms with Gasteiger partial charge in [-0.1, -0.05) is 24.3 Å². The molecule has 21 heavy (non-hydrogen) atoms. The van der Waals surface area contributed by atoms with Gasteiger partial charge in [-0.25, -0.2) is 0 Å². The van der Waals surface area contributed by atoms with Crippen molar-refractivity contribution in [2.75, 3.05) is 0 Å². The Kier molecular flexibility index (Phi) is 4.59. The molecule has 3 nitrogen and oxygen atoms in total. The Morgan fingerprint density at radius 1 is 1.19 bits per heavy atom. The molecule has 0 bridgehead atoms. The second kappa shape index (κ2) is 6.24. The molecule has 2 rings (SSSR count). The molecule has 0 saturated carbocycles. The second-order valence-corrected chi connectivity index (χ2v) is 4.83. The molecule has 6 heteroatoms. The van der Waals surface area contributed by atoms with Crippen molar-refractivity contribution in [1.29, 1.82) is 0 Å². The highest BCUT2D eigenvalue weighted by Crippen LogP contribution is 2.30. The number of aryl methyl sites for hydroxylation is 1. The van der Waals surface area contributed by atoms with Gasteiger partial charge in [-0.15, -0.1) is 0 Å². The number of alkyl halides is 3. The van der Waals surface area contributed by atoms with Crippen molar-refractivity contribution in [3.8, 4) is 0 Å². The highest BCUT2D eigenvalue weighted by Gasteiger charge is 2.30. The number of hydrazine groups is 1. The van der Waals surface area contributed by atoms with Crippen LogP contribution in [0.15, 0.2) is 42.5 Å². The summed E-state index contributed by atoms with van der Waals surface area (Å²) in [5.41, 5.74) is 4.04. The van der Waals surface area contributed by atoms with Crippen LogP contribution in [0.4, 0.5) is 13.2 Å². The summed E-state index contributed by atoms with van der Waals surface area (Å²) in [7, 11) is 0. The van der Waals surface area contributed by atoms with Crippen molar-refractivity contribution in [3.05, 3.63) is 65.0 Å². The molecule has 3 N–H and O–H groups in total. The number of nitrogens with one attached hydrogen (secondary N) is 1. The van der Waals surface area contributed by atoms with Gasteiger partial charge in [0.2, 0.25) is 0 Å². The van der Waals surface area contributed by atoms with E-state index in [1.165, 1.54) is 6.07 Å². The summed E-state index contributed by atoms with van der Waals surface area (Å²) in [6, 6.07) is 10.4. The molecule has 0 spiro atoms. The molecule has 0 amide bonds. The number of benzene rings is 1. The summed E-state index contributed by atoms with van der Waals surface area (Å²) < 4.78 is 38.1. The average Bonchev–Trinajstić information content (AvgIpc) is 2.44. The van der Waals surface area contributed by atoms with E-state index < -0.39 is 11.7 Å². The van der Waals surface area contributed by atoms with Crippen LogP contribution < -0.4 is 11.3 Å². The Balaban J connectivity index is 2.23. The van der Waals surface area contributed by atoms with Gasteiger partial charge in [0.25, 0.3) is 0 Å². The number of aromatic nitrogens is 1. The second-order valence-electron chi connectivity index (χ2n) is 4.83. The normalized spacial score (nSPS) is 13.2. The maximum atomic E-state index is 12.7. The van der Waals surface area contributed by atoms with Crippen LogP contribution in [-0.4, -0.2) is 4.98 Å². The first kappa shape index (κ1) is 15.5. The molecule has 0 saturated heterocycles. The van der Waals surface area contributed by atoms with Crippen LogP contribution in [0, 0.1) is 6.92 Å². The van der Waals surface area contributed by atoms with E-state index in [0.717, 1.165) is 17.8 Å². The van der Waals surface area contributed by atoms with Gasteiger partial charge >= 0.3 is 6.18 Å². The van der Waals surface area contributed by atoms with Crippen LogP contribution >= 0.6 is 0 Å². The summed E-state index contributed by atoms with van der Waals surface area (Å²) in [4.78, 5) is 4.35. The van der Waals surface area contributed by atoms with E-state index in [0.29, 0.717) is 17.7 Å². The largest absolute Gasteiger partial charge is 0.416 e. The molecule has 0 aliphatic heterocycles. The summed E-state index contributed by atoms with van der Waals surface area (Å²) in [6.07, 6.45) is -4.01. The van der Waals surface area contributed by atoms with Gasteiger partial charge in [-0.05, 0) is 37.1 Å². The fourth-order valence-corrected chi connectivity index (χ4v) is 2.12. The van der Waals surface area contributed by atoms with Gasteiger partial charge in [-0.3, -0.25) is 16.3 Å². The minimum absolute atomic E-state index is 0.330. The Morgan fingerprint density at radius 3 is 2.52 bits per heavy atom. The number of halogens is 3. The smallest absolute Gasteiger partial charge is 0.271 e. The third kappa shape index (κ3) is 4.03. The quantitative estimate of drug-likeness (QED) is 0.673. The maximum absolute atomic E-state index is 12.7. The average molecular weight is 295 g/mol. The van der Waals surface area contributed by atoms with E-state index in [1.54, 1.807) is 12.1 Å². The van der Waals surface area contributed by atoms with Crippen molar-refractivity contribution in [2.45, 2.75) is 25.6 Å². The minimum atomic E-state index is -4.34. The molecule has 0 fully saturated rings. The Bertz CT molecular complexity index is 611. The first-order valence-corrected chi connectivity index (χ1v) is 6.46. The molecule has 1 atom stereocenters. The molecule has 1 aromatic carbocycles. The maximum Gasteiger partial charge on any atom is 0.416 e. The van der Waals surface area contributed by atoms with E-state index in [9.17, 15) is 13.2 Å². The Labute approximate surface area is 121 Å². The molecule has 0 radical (unpaired) electrons. The number of hydrogen-bond acceptors (Lipinski definition) is 3. The van der Waals surface area contributed by atoms with Crippen molar-refractivity contribution in [2.24, 2.45) is 5.84 Å². The van der Waals surface area contributed by atoms with Crippen molar-refractivity contribution in [1.82, 2.24) is 10.4 Å². The van der Waals surface area contributed by atoms with Gasteiger partial charge in [-0.2, -0.15) is 13.2 Å². The molecule has 0 aliphatic carbocycles. The van der Waals surface area contributed by atoms with E-state index in [-0.39, 0.29) is 6.04 Å². The van der Waals surface area contributed by atoms with Gasteiger partial charge in [0.05, 0.1) is 17.3 Å². The Hall–Kier alpha value is -1.92. The zero-order valence-corrected chi connectivity index (χ0v) is 11.5. The fourth-order valence-electron chi connectivity index (χ4n) is 2.12. The molecule has 0 aliphatic rings. The molecular formula is C15H16F3N3. The number of nitrogens with two attached hydrogens (primary N) is 1. The lowest BCUT2D eigenvalue weighted by atomic mass is 10.0. The fraction of sp³-hybridized carbons (Fsp3) is 0.267. The first-order chi connectivity index (χ1) is 9.90. The van der Waals surface area contributed by atoms with Gasteiger partial charge in [0.15, 0.2) is 0 Å². The van der Waals surface area contributed by atoms with E-state index in [1.807, 2.05) is 19.1 Å². The van der Waals surface area contributed by atoms with Crippen LogP contribution in [0.5, 0.6) is 0 Å². The SMILES string of the molecule is Cc1cccc(C(Cc2cccc(C(F)(F)F)c2)NN)n1. The van der Waals surface area contributed by atoms with Crippen LogP contribution in [-0.2, 0) is 12.6 Å². The van der Waals surface area contributed by atoms with Crippen LogP contribution in [0.25, 0.3) is 0 Å². The molecule has 1 heterocycles. The van der Waals surface area contributed by atoms with E-state index in [2.05, 4.69) is 10.4 Å². The van der Waals surface area contributed by atoms with Crippen LogP contribution in [0.2, 0.25) is 0 Å². The zero-order valence-electron chi connectivity index (χ0n) is 11.5. The highest BCUT2D eigenvalue weighted by molar-refractivity contribution is 5.27. The van der Waals surface area contributed by atoms with Crippen molar-refractivity contribution in [3.63, 3.8) is 0 Å². The lowest BCUT2D eigenvalue weighted by Crippen LogP contribution is -2.30. The number of pyridine rings is 1. The van der Waals surface area contributed by atoms with Gasteiger partial charge in [0, 0.05) is 5.69 Å². The topological polar surface area (TPSA) is 50.9 Å². The first-order valence-electron chi connectivity index (χ1n) is 6.46. The highest BCUT2D eigenvalue weighted by atomic mass is 19.4. The summed E-state index contributed by atoms with van der Waals surface area (Å²) >= 11 is 0. The van der Waals surface area contributed by atoms with Crippen LogP contribution in [0.1, 0.15) is 28.6 Å². The summed E-state index contributed by atoms with van der Waals surface area (Å²) in [6.45, 7) is 1.85. The zero-order chi connectivity index (χ0) is 15.5. The molecule has 112 valence electrons. The van der Waals surface area contributed by atoms with E-state index >= 15 is 0 Å². The predicted molar refractivity (Wildman–Crippen MR) is 74.2 cm³/mol. The number of rotatable bonds is 4. The van der Waals surface area contributed by atoms with Gasteiger partial charge in [0.1, 0.15) is 0 Å². The summed E-state index contributed by atoms with van der Waals surface area (Å²) in [5.74, 6) is 5.51. The summed E-state index contributed by atoms with van der Waals surface area (Å²) in [5, 5.41) is 0. The number of nitrogens with zero attached hydrogens (tertiary/aromatic N) is 1. The van der Waals surface area contributed by atoms with Gasteiger partial charge < -0.3 is 0 Å². The third-order valence-electron chi connectivity index (χ3n) is 3.16. The molecule has 2 aromatic rings. The Morgan fingerprint density at radius 2 is 1.90 bits per heavy atom. The molecule has 1 unspecified atom stereocenters. The molecular weight excluding hydrogens is 279 g/mol. The predicted octanol–water partition coefficient (Wildman–Crippen LogP) is 3.16. The molecule has 1 aromatic heterocycles. The van der Waals surface area contributed by atoms with Crippen molar-refractivity contribution >= 4 is 0 Å². The van der Waals surface area contributed by atoms with Crippen LogP contribution in [0.3, 0.4) is 0 Å². The lowest BCUT2D eigenvalue weighted by molar-refractivity contribution is -0.137. The van der Waals surface area contributed by atoms with Crippen molar-refractivity contribution < 1.29 is 13.2 Å². The standard InChI is InChI=1S/C15H16F3N3/c1-10-4-2-7-13(20-10)14(21-19)9-11-5-3-6-12(8-11)15(16,17)18/h2-8,14,21H,9,19H2,1H3. The monoisotopic (exact) mass is 295 g/mol.